The zero-order valence-corrected chi connectivity index (χ0v) is 20.2. The van der Waals surface area contributed by atoms with Gasteiger partial charge in [0.05, 0.1) is 23.8 Å². The first-order chi connectivity index (χ1) is 17.6. The van der Waals surface area contributed by atoms with Crippen LogP contribution >= 0.6 is 0 Å². The van der Waals surface area contributed by atoms with Crippen molar-refractivity contribution in [1.29, 1.82) is 0 Å². The quantitative estimate of drug-likeness (QED) is 0.436. The number of benzene rings is 3. The van der Waals surface area contributed by atoms with E-state index in [4.69, 9.17) is 0 Å². The molecule has 2 amide bonds. The summed E-state index contributed by atoms with van der Waals surface area (Å²) in [5.74, 6) is -0.219. The maximum absolute atomic E-state index is 13.6. The monoisotopic (exact) mass is 476 g/mol. The van der Waals surface area contributed by atoms with Gasteiger partial charge in [-0.3, -0.25) is 14.6 Å². The van der Waals surface area contributed by atoms with E-state index in [0.29, 0.717) is 25.2 Å². The van der Waals surface area contributed by atoms with Crippen molar-refractivity contribution < 1.29 is 9.59 Å². The smallest absolute Gasteiger partial charge is 0.260 e. The predicted molar refractivity (Wildman–Crippen MR) is 141 cm³/mol. The van der Waals surface area contributed by atoms with Crippen molar-refractivity contribution >= 4 is 22.6 Å². The van der Waals surface area contributed by atoms with Crippen LogP contribution in [0.25, 0.3) is 10.8 Å². The Morgan fingerprint density at radius 1 is 0.861 bits per heavy atom. The Balaban J connectivity index is 1.54. The van der Waals surface area contributed by atoms with Gasteiger partial charge in [-0.05, 0) is 16.5 Å². The summed E-state index contributed by atoms with van der Waals surface area (Å²) in [5, 5.41) is 4.74. The molecule has 36 heavy (non-hydrogen) atoms. The minimum Gasteiger partial charge on any atom is -0.359 e. The molecule has 0 radical (unpaired) electrons. The number of hydrogen-bond donors (Lipinski definition) is 1. The second-order valence-electron chi connectivity index (χ2n) is 8.85. The van der Waals surface area contributed by atoms with Crippen molar-refractivity contribution in [1.82, 2.24) is 20.1 Å². The molecular formula is C30H28N4O2. The van der Waals surface area contributed by atoms with E-state index in [0.717, 1.165) is 27.6 Å². The van der Waals surface area contributed by atoms with Crippen LogP contribution < -0.4 is 5.32 Å². The molecule has 0 saturated heterocycles. The maximum atomic E-state index is 13.6. The molecule has 180 valence electrons. The van der Waals surface area contributed by atoms with E-state index in [1.807, 2.05) is 66.9 Å². The van der Waals surface area contributed by atoms with E-state index in [-0.39, 0.29) is 17.9 Å². The number of nitrogens with one attached hydrogen (secondary N) is 1. The fraction of sp³-hybridized carbons (Fsp3) is 0.167. The van der Waals surface area contributed by atoms with Crippen LogP contribution in [0, 0.1) is 0 Å². The van der Waals surface area contributed by atoms with Gasteiger partial charge >= 0.3 is 0 Å². The van der Waals surface area contributed by atoms with Crippen LogP contribution in [0.3, 0.4) is 0 Å². The number of rotatable bonds is 6. The lowest BCUT2D eigenvalue weighted by Gasteiger charge is -2.41. The SMILES string of the molecule is CC(=O)NCC1=CN(C(=O)c2cncc3ccccc23)CCN1C(c1ccccc1)c1ccccc1. The highest BCUT2D eigenvalue weighted by Crippen LogP contribution is 2.33. The van der Waals surface area contributed by atoms with Crippen LogP contribution in [-0.4, -0.2) is 46.2 Å². The van der Waals surface area contributed by atoms with Crippen molar-refractivity contribution in [2.45, 2.75) is 13.0 Å². The van der Waals surface area contributed by atoms with Gasteiger partial charge in [-0.2, -0.15) is 0 Å². The first kappa shape index (κ1) is 23.3. The predicted octanol–water partition coefficient (Wildman–Crippen LogP) is 4.76. The highest BCUT2D eigenvalue weighted by molar-refractivity contribution is 6.06. The number of aromatic nitrogens is 1. The Kier molecular flexibility index (Phi) is 6.76. The summed E-state index contributed by atoms with van der Waals surface area (Å²) in [6.07, 6.45) is 5.28. The molecule has 6 heteroatoms. The van der Waals surface area contributed by atoms with Gasteiger partial charge in [0.2, 0.25) is 5.91 Å². The molecule has 0 atom stereocenters. The lowest BCUT2D eigenvalue weighted by atomic mass is 9.96. The Labute approximate surface area is 210 Å². The molecule has 4 aromatic rings. The highest BCUT2D eigenvalue weighted by Gasteiger charge is 2.30. The van der Waals surface area contributed by atoms with E-state index in [9.17, 15) is 9.59 Å². The van der Waals surface area contributed by atoms with Gasteiger partial charge in [-0.15, -0.1) is 0 Å². The summed E-state index contributed by atoms with van der Waals surface area (Å²) < 4.78 is 0. The van der Waals surface area contributed by atoms with E-state index in [1.54, 1.807) is 17.3 Å². The molecular weight excluding hydrogens is 448 g/mol. The zero-order valence-electron chi connectivity index (χ0n) is 20.2. The second-order valence-corrected chi connectivity index (χ2v) is 8.85. The van der Waals surface area contributed by atoms with Gasteiger partial charge in [0.1, 0.15) is 0 Å². The van der Waals surface area contributed by atoms with Gasteiger partial charge in [0, 0.05) is 44.0 Å². The number of carbonyl (C=O) groups is 2. The standard InChI is InChI=1S/C30H28N4O2/c1-22(35)32-19-26-21-33(30(36)28-20-31-18-25-14-8-9-15-27(25)28)16-17-34(26)29(23-10-4-2-5-11-23)24-12-6-3-7-13-24/h2-15,18,20-21,29H,16-17,19H2,1H3,(H,32,35). The molecule has 1 N–H and O–H groups in total. The van der Waals surface area contributed by atoms with Gasteiger partial charge in [-0.1, -0.05) is 84.9 Å². The van der Waals surface area contributed by atoms with Crippen molar-refractivity contribution in [3.05, 3.63) is 126 Å². The minimum atomic E-state index is -0.117. The van der Waals surface area contributed by atoms with Gasteiger partial charge in [-0.25, -0.2) is 0 Å². The third kappa shape index (κ3) is 4.84. The number of fused-ring (bicyclic) bond motifs is 1. The number of carbonyl (C=O) groups excluding carboxylic acids is 2. The summed E-state index contributed by atoms with van der Waals surface area (Å²) in [5.41, 5.74) is 3.74. The fourth-order valence-electron chi connectivity index (χ4n) is 4.76. The molecule has 0 saturated carbocycles. The van der Waals surface area contributed by atoms with Crippen LogP contribution in [0.2, 0.25) is 0 Å². The summed E-state index contributed by atoms with van der Waals surface area (Å²) in [7, 11) is 0. The van der Waals surface area contributed by atoms with Crippen molar-refractivity contribution in [2.75, 3.05) is 19.6 Å². The second kappa shape index (κ2) is 10.4. The largest absolute Gasteiger partial charge is 0.359 e. The molecule has 1 aliphatic heterocycles. The highest BCUT2D eigenvalue weighted by atomic mass is 16.2. The van der Waals surface area contributed by atoms with E-state index in [2.05, 4.69) is 39.5 Å². The topological polar surface area (TPSA) is 65.5 Å². The van der Waals surface area contributed by atoms with E-state index >= 15 is 0 Å². The molecule has 1 aromatic heterocycles. The Morgan fingerprint density at radius 2 is 1.50 bits per heavy atom. The van der Waals surface area contributed by atoms with Crippen LogP contribution in [0.15, 0.2) is 109 Å². The summed E-state index contributed by atoms with van der Waals surface area (Å²) in [6.45, 7) is 2.96. The fourth-order valence-corrected chi connectivity index (χ4v) is 4.76. The summed E-state index contributed by atoms with van der Waals surface area (Å²) >= 11 is 0. The lowest BCUT2D eigenvalue weighted by Crippen LogP contribution is -2.45. The van der Waals surface area contributed by atoms with Crippen LogP contribution in [-0.2, 0) is 4.79 Å². The van der Waals surface area contributed by atoms with E-state index in [1.165, 1.54) is 6.92 Å². The van der Waals surface area contributed by atoms with Crippen molar-refractivity contribution in [3.8, 4) is 0 Å². The van der Waals surface area contributed by atoms with E-state index < -0.39 is 0 Å². The molecule has 6 nitrogen and oxygen atoms in total. The molecule has 0 aliphatic carbocycles. The van der Waals surface area contributed by atoms with Crippen molar-refractivity contribution in [3.63, 3.8) is 0 Å². The molecule has 0 bridgehead atoms. The summed E-state index contributed by atoms with van der Waals surface area (Å²) in [6, 6.07) is 28.4. The van der Waals surface area contributed by atoms with Crippen molar-refractivity contribution in [2.24, 2.45) is 0 Å². The molecule has 0 unspecified atom stereocenters. The average Bonchev–Trinajstić information content (AvgIpc) is 2.93. The Hall–Kier alpha value is -4.45. The third-order valence-electron chi connectivity index (χ3n) is 6.48. The first-order valence-corrected chi connectivity index (χ1v) is 12.1. The molecule has 1 aliphatic rings. The molecule has 0 fully saturated rings. The number of hydrogen-bond acceptors (Lipinski definition) is 4. The molecule has 0 spiro atoms. The molecule has 5 rings (SSSR count). The van der Waals surface area contributed by atoms with Gasteiger partial charge in [0.25, 0.3) is 5.91 Å². The van der Waals surface area contributed by atoms with Gasteiger partial charge in [0.15, 0.2) is 0 Å². The number of amides is 2. The molecule has 3 aromatic carbocycles. The molecule has 2 heterocycles. The number of nitrogens with zero attached hydrogens (tertiary/aromatic N) is 3. The van der Waals surface area contributed by atoms with Gasteiger partial charge < -0.3 is 15.1 Å². The van der Waals surface area contributed by atoms with Crippen LogP contribution in [0.1, 0.15) is 34.5 Å². The Bertz CT molecular complexity index is 1360. The normalized spacial score (nSPS) is 13.6. The maximum Gasteiger partial charge on any atom is 0.260 e. The third-order valence-corrected chi connectivity index (χ3v) is 6.48. The first-order valence-electron chi connectivity index (χ1n) is 12.1. The zero-order chi connectivity index (χ0) is 24.9. The lowest BCUT2D eigenvalue weighted by molar-refractivity contribution is -0.118. The average molecular weight is 477 g/mol. The minimum absolute atomic E-state index is 0.0520. The Morgan fingerprint density at radius 3 is 2.17 bits per heavy atom. The van der Waals surface area contributed by atoms with Crippen LogP contribution in [0.4, 0.5) is 0 Å². The van der Waals surface area contributed by atoms with Crippen LogP contribution in [0.5, 0.6) is 0 Å². The summed E-state index contributed by atoms with van der Waals surface area (Å²) in [4.78, 5) is 33.8. The number of pyridine rings is 1.